The van der Waals surface area contributed by atoms with Gasteiger partial charge in [-0.2, -0.15) is 13.9 Å². The van der Waals surface area contributed by atoms with E-state index < -0.39 is 6.61 Å². The van der Waals surface area contributed by atoms with Crippen molar-refractivity contribution in [2.75, 3.05) is 0 Å². The van der Waals surface area contributed by atoms with Gasteiger partial charge in [0.15, 0.2) is 0 Å². The van der Waals surface area contributed by atoms with Crippen molar-refractivity contribution >= 4 is 22.5 Å². The van der Waals surface area contributed by atoms with Gasteiger partial charge in [0.05, 0.1) is 5.71 Å². The van der Waals surface area contributed by atoms with Gasteiger partial charge in [0.25, 0.3) is 5.91 Å². The molecule has 0 radical (unpaired) electrons. The van der Waals surface area contributed by atoms with Crippen molar-refractivity contribution in [1.82, 2.24) is 10.4 Å². The zero-order chi connectivity index (χ0) is 24.6. The summed E-state index contributed by atoms with van der Waals surface area (Å²) in [6.45, 7) is -0.664. The lowest BCUT2D eigenvalue weighted by Gasteiger charge is -2.09. The molecule has 0 bridgehead atoms. The maximum atomic E-state index is 12.5. The first kappa shape index (κ1) is 23.8. The van der Waals surface area contributed by atoms with E-state index in [1.165, 1.54) is 12.1 Å². The normalized spacial score (nSPS) is 11.5. The van der Waals surface area contributed by atoms with Gasteiger partial charge in [0.2, 0.25) is 0 Å². The number of ether oxygens (including phenoxy) is 2. The largest absolute Gasteiger partial charge is 0.487 e. The Morgan fingerprint density at radius 3 is 2.40 bits per heavy atom. The number of hydrazone groups is 1. The van der Waals surface area contributed by atoms with Crippen LogP contribution in [0.3, 0.4) is 0 Å². The molecule has 3 aromatic carbocycles. The van der Waals surface area contributed by atoms with Crippen molar-refractivity contribution in [3.63, 3.8) is 0 Å². The Bertz CT molecular complexity index is 1320. The van der Waals surface area contributed by atoms with Gasteiger partial charge in [-0.05, 0) is 66.1 Å². The van der Waals surface area contributed by atoms with Crippen LogP contribution in [0, 0.1) is 0 Å². The third kappa shape index (κ3) is 6.17. The van der Waals surface area contributed by atoms with E-state index >= 15 is 0 Å². The zero-order valence-electron chi connectivity index (χ0n) is 18.9. The van der Waals surface area contributed by atoms with Crippen LogP contribution in [-0.2, 0) is 6.61 Å². The maximum absolute atomic E-state index is 12.5. The van der Waals surface area contributed by atoms with Crippen LogP contribution in [0.4, 0.5) is 8.78 Å². The Kier molecular flexibility index (Phi) is 7.62. The zero-order valence-corrected chi connectivity index (χ0v) is 18.9. The molecule has 1 amide bonds. The standard InChI is InChI=1S/C27H23F2N3O3/c1-2-23(19-12-14-22(15-13-19)35-27(28)29)31-32-26(33)21-10-8-18(9-11-21)17-34-24-7-3-5-20-6-4-16-30-25(20)24/h3-16,27H,2,17H2,1H3,(H,32,33). The van der Waals surface area contributed by atoms with Crippen LogP contribution < -0.4 is 14.9 Å². The van der Waals surface area contributed by atoms with Gasteiger partial charge in [0, 0.05) is 17.1 Å². The predicted octanol–water partition coefficient (Wildman–Crippen LogP) is 5.96. The smallest absolute Gasteiger partial charge is 0.387 e. The van der Waals surface area contributed by atoms with Crippen molar-refractivity contribution in [2.45, 2.75) is 26.6 Å². The molecule has 0 atom stereocenters. The highest BCUT2D eigenvalue weighted by atomic mass is 19.3. The van der Waals surface area contributed by atoms with Crippen molar-refractivity contribution in [3.8, 4) is 11.5 Å². The minimum Gasteiger partial charge on any atom is -0.487 e. The molecular weight excluding hydrogens is 452 g/mol. The molecule has 0 aliphatic heterocycles. The molecule has 6 nitrogen and oxygen atoms in total. The fourth-order valence-corrected chi connectivity index (χ4v) is 3.47. The molecule has 1 N–H and O–H groups in total. The Balaban J connectivity index is 1.37. The summed E-state index contributed by atoms with van der Waals surface area (Å²) >= 11 is 0. The molecule has 35 heavy (non-hydrogen) atoms. The molecular formula is C27H23F2N3O3. The van der Waals surface area contributed by atoms with Crippen LogP contribution >= 0.6 is 0 Å². The molecule has 178 valence electrons. The molecule has 0 saturated heterocycles. The van der Waals surface area contributed by atoms with E-state index in [4.69, 9.17) is 4.74 Å². The number of aromatic nitrogens is 1. The molecule has 0 fully saturated rings. The Morgan fingerprint density at radius 2 is 1.69 bits per heavy atom. The lowest BCUT2D eigenvalue weighted by atomic mass is 10.1. The van der Waals surface area contributed by atoms with Gasteiger partial charge >= 0.3 is 6.61 Å². The average Bonchev–Trinajstić information content (AvgIpc) is 2.88. The van der Waals surface area contributed by atoms with E-state index in [0.29, 0.717) is 35.6 Å². The van der Waals surface area contributed by atoms with E-state index in [1.54, 1.807) is 30.5 Å². The molecule has 1 aromatic heterocycles. The van der Waals surface area contributed by atoms with E-state index in [9.17, 15) is 13.6 Å². The number of fused-ring (bicyclic) bond motifs is 1. The summed E-state index contributed by atoms with van der Waals surface area (Å²) in [6.07, 6.45) is 2.26. The van der Waals surface area contributed by atoms with E-state index in [1.807, 2.05) is 49.4 Å². The van der Waals surface area contributed by atoms with Gasteiger partial charge < -0.3 is 9.47 Å². The van der Waals surface area contributed by atoms with Crippen molar-refractivity contribution in [3.05, 3.63) is 102 Å². The molecule has 4 aromatic rings. The first-order chi connectivity index (χ1) is 17.0. The maximum Gasteiger partial charge on any atom is 0.387 e. The molecule has 0 unspecified atom stereocenters. The summed E-state index contributed by atoms with van der Waals surface area (Å²) < 4.78 is 34.9. The van der Waals surface area contributed by atoms with Crippen molar-refractivity contribution < 1.29 is 23.0 Å². The summed E-state index contributed by atoms with van der Waals surface area (Å²) in [4.78, 5) is 16.9. The highest BCUT2D eigenvalue weighted by Gasteiger charge is 2.09. The number of benzene rings is 3. The van der Waals surface area contributed by atoms with Crippen LogP contribution in [0.2, 0.25) is 0 Å². The molecule has 8 heteroatoms. The van der Waals surface area contributed by atoms with Gasteiger partial charge in [-0.1, -0.05) is 37.3 Å². The highest BCUT2D eigenvalue weighted by molar-refractivity contribution is 6.02. The fourth-order valence-electron chi connectivity index (χ4n) is 3.47. The second-order valence-electron chi connectivity index (χ2n) is 7.57. The quantitative estimate of drug-likeness (QED) is 0.240. The number of pyridine rings is 1. The van der Waals surface area contributed by atoms with Crippen LogP contribution in [-0.4, -0.2) is 23.2 Å². The highest BCUT2D eigenvalue weighted by Crippen LogP contribution is 2.24. The van der Waals surface area contributed by atoms with Crippen molar-refractivity contribution in [1.29, 1.82) is 0 Å². The summed E-state index contributed by atoms with van der Waals surface area (Å²) in [5, 5.41) is 5.20. The lowest BCUT2D eigenvalue weighted by Crippen LogP contribution is -2.20. The van der Waals surface area contributed by atoms with Gasteiger partial charge in [-0.3, -0.25) is 9.78 Å². The summed E-state index contributed by atoms with van der Waals surface area (Å²) in [5.41, 5.74) is 6.00. The Labute approximate surface area is 201 Å². The van der Waals surface area contributed by atoms with Gasteiger partial charge in [0.1, 0.15) is 23.6 Å². The van der Waals surface area contributed by atoms with Gasteiger partial charge in [-0.15, -0.1) is 0 Å². The topological polar surface area (TPSA) is 72.8 Å². The average molecular weight is 475 g/mol. The summed E-state index contributed by atoms with van der Waals surface area (Å²) in [6, 6.07) is 22.8. The number of hydrogen-bond donors (Lipinski definition) is 1. The van der Waals surface area contributed by atoms with Crippen LogP contribution in [0.5, 0.6) is 11.5 Å². The second kappa shape index (κ2) is 11.2. The number of hydrogen-bond acceptors (Lipinski definition) is 5. The number of amides is 1. The predicted molar refractivity (Wildman–Crippen MR) is 130 cm³/mol. The monoisotopic (exact) mass is 475 g/mol. The Morgan fingerprint density at radius 1 is 0.971 bits per heavy atom. The number of nitrogens with zero attached hydrogens (tertiary/aromatic N) is 2. The minimum atomic E-state index is -2.88. The molecule has 1 heterocycles. The van der Waals surface area contributed by atoms with Crippen LogP contribution in [0.25, 0.3) is 10.9 Å². The fraction of sp³-hybridized carbons (Fsp3) is 0.148. The number of carbonyl (C=O) groups excluding carboxylic acids is 1. The summed E-state index contributed by atoms with van der Waals surface area (Å²) in [7, 11) is 0. The number of rotatable bonds is 9. The number of alkyl halides is 2. The van der Waals surface area contributed by atoms with Crippen LogP contribution in [0.15, 0.2) is 90.2 Å². The molecule has 0 saturated carbocycles. The summed E-state index contributed by atoms with van der Waals surface area (Å²) in [5.74, 6) is 0.392. The third-order valence-corrected chi connectivity index (χ3v) is 5.25. The molecule has 0 aliphatic carbocycles. The second-order valence-corrected chi connectivity index (χ2v) is 7.57. The Hall–Kier alpha value is -4.33. The minimum absolute atomic E-state index is 0.0593. The van der Waals surface area contributed by atoms with E-state index in [2.05, 4.69) is 20.2 Å². The number of carbonyl (C=O) groups is 1. The lowest BCUT2D eigenvalue weighted by molar-refractivity contribution is -0.0498. The first-order valence-corrected chi connectivity index (χ1v) is 11.0. The SMILES string of the molecule is CCC(=NNC(=O)c1ccc(COc2cccc3cccnc23)cc1)c1ccc(OC(F)F)cc1. The molecule has 4 rings (SSSR count). The third-order valence-electron chi connectivity index (χ3n) is 5.25. The molecule has 0 spiro atoms. The van der Waals surface area contributed by atoms with Crippen LogP contribution in [0.1, 0.15) is 34.8 Å². The number of halogens is 2. The van der Waals surface area contributed by atoms with E-state index in [0.717, 1.165) is 16.5 Å². The van der Waals surface area contributed by atoms with Crippen molar-refractivity contribution in [2.24, 2.45) is 5.10 Å². The first-order valence-electron chi connectivity index (χ1n) is 11.0. The molecule has 0 aliphatic rings. The number of para-hydroxylation sites is 1. The number of nitrogens with one attached hydrogen (secondary N) is 1. The van der Waals surface area contributed by atoms with E-state index in [-0.39, 0.29) is 11.7 Å². The van der Waals surface area contributed by atoms with Gasteiger partial charge in [-0.25, -0.2) is 5.43 Å².